The Bertz CT molecular complexity index is 498. The Hall–Kier alpha value is -1.62. The molecule has 0 aromatic carbocycles. The van der Waals surface area contributed by atoms with Crippen LogP contribution in [-0.4, -0.2) is 11.3 Å². The van der Waals surface area contributed by atoms with Crippen LogP contribution in [0.4, 0.5) is 22.0 Å². The molecule has 0 fully saturated rings. The lowest BCUT2D eigenvalue weighted by atomic mass is 10.1. The predicted molar refractivity (Wildman–Crippen MR) is 54.8 cm³/mol. The van der Waals surface area contributed by atoms with Crippen LogP contribution in [0.25, 0.3) is 0 Å². The van der Waals surface area contributed by atoms with Crippen LogP contribution in [-0.2, 0) is 12.3 Å². The van der Waals surface area contributed by atoms with Crippen molar-refractivity contribution in [2.24, 2.45) is 0 Å². The molecule has 0 saturated heterocycles. The number of nitriles is 1. The summed E-state index contributed by atoms with van der Waals surface area (Å²) in [7, 11) is 0. The maximum Gasteiger partial charge on any atom is 0.573 e. The fraction of sp³-hybridized carbons (Fsp3) is 0.400. The van der Waals surface area contributed by atoms with Crippen molar-refractivity contribution in [3.63, 3.8) is 0 Å². The molecule has 0 bridgehead atoms. The summed E-state index contributed by atoms with van der Waals surface area (Å²) in [6, 6.07) is 2.27. The minimum Gasteiger partial charge on any atom is -0.404 e. The second-order valence-electron chi connectivity index (χ2n) is 3.29. The SMILES string of the molecule is N#CCc1cc(OC(F)(F)F)c(CCl)nc1C(F)F. The van der Waals surface area contributed by atoms with E-state index < -0.39 is 42.2 Å². The van der Waals surface area contributed by atoms with Crippen LogP contribution >= 0.6 is 11.6 Å². The first kappa shape index (κ1) is 15.4. The number of halogens is 6. The van der Waals surface area contributed by atoms with Crippen molar-refractivity contribution in [1.82, 2.24) is 4.98 Å². The maximum absolute atomic E-state index is 12.7. The molecule has 0 amide bonds. The fourth-order valence-electron chi connectivity index (χ4n) is 1.31. The molecule has 0 unspecified atom stereocenters. The third-order valence-corrected chi connectivity index (χ3v) is 2.26. The van der Waals surface area contributed by atoms with Gasteiger partial charge in [-0.25, -0.2) is 13.8 Å². The van der Waals surface area contributed by atoms with E-state index in [-0.39, 0.29) is 5.56 Å². The van der Waals surface area contributed by atoms with E-state index in [9.17, 15) is 22.0 Å². The summed E-state index contributed by atoms with van der Waals surface area (Å²) in [5.41, 5.74) is -1.56. The summed E-state index contributed by atoms with van der Waals surface area (Å²) >= 11 is 5.35. The van der Waals surface area contributed by atoms with Crippen molar-refractivity contribution in [3.05, 3.63) is 23.0 Å². The number of hydrogen-bond acceptors (Lipinski definition) is 3. The van der Waals surface area contributed by atoms with E-state index >= 15 is 0 Å². The van der Waals surface area contributed by atoms with Gasteiger partial charge in [0.15, 0.2) is 5.75 Å². The molecule has 0 radical (unpaired) electrons. The van der Waals surface area contributed by atoms with Crippen LogP contribution in [0.3, 0.4) is 0 Å². The van der Waals surface area contributed by atoms with E-state index in [1.54, 1.807) is 6.07 Å². The van der Waals surface area contributed by atoms with Crippen molar-refractivity contribution >= 4 is 11.6 Å². The number of ether oxygens (including phenoxy) is 1. The highest BCUT2D eigenvalue weighted by Gasteiger charge is 2.33. The zero-order chi connectivity index (χ0) is 14.6. The molecule has 0 atom stereocenters. The van der Waals surface area contributed by atoms with Crippen molar-refractivity contribution in [3.8, 4) is 11.8 Å². The summed E-state index contributed by atoms with van der Waals surface area (Å²) < 4.78 is 65.3. The number of alkyl halides is 6. The smallest absolute Gasteiger partial charge is 0.404 e. The Kier molecular flexibility index (Phi) is 4.89. The molecule has 104 valence electrons. The van der Waals surface area contributed by atoms with E-state index in [1.165, 1.54) is 0 Å². The molecular formula is C10H6ClF5N2O. The van der Waals surface area contributed by atoms with Crippen LogP contribution in [0.2, 0.25) is 0 Å². The third kappa shape index (κ3) is 4.21. The minimum atomic E-state index is -5.00. The first-order chi connectivity index (χ1) is 8.78. The fourth-order valence-corrected chi connectivity index (χ4v) is 1.50. The summed E-state index contributed by atoms with van der Waals surface area (Å²) in [6.07, 6.45) is -8.53. The summed E-state index contributed by atoms with van der Waals surface area (Å²) in [5, 5.41) is 8.46. The van der Waals surface area contributed by atoms with Crippen LogP contribution in [0.15, 0.2) is 6.07 Å². The molecule has 0 aliphatic heterocycles. The van der Waals surface area contributed by atoms with E-state index in [2.05, 4.69) is 9.72 Å². The van der Waals surface area contributed by atoms with E-state index in [0.29, 0.717) is 6.07 Å². The number of nitrogens with zero attached hydrogens (tertiary/aromatic N) is 2. The lowest BCUT2D eigenvalue weighted by Gasteiger charge is -2.14. The molecule has 0 N–H and O–H groups in total. The zero-order valence-corrected chi connectivity index (χ0v) is 9.90. The largest absolute Gasteiger partial charge is 0.573 e. The topological polar surface area (TPSA) is 45.9 Å². The number of hydrogen-bond donors (Lipinski definition) is 0. The molecule has 0 saturated carbocycles. The van der Waals surface area contributed by atoms with Crippen molar-refractivity contribution < 1.29 is 26.7 Å². The standard InChI is InChI=1S/C10H6ClF5N2O/c11-4-6-7(19-10(14,15)16)3-5(1-2-17)8(18-6)9(12)13/h3,9H,1,4H2. The molecule has 3 nitrogen and oxygen atoms in total. The second-order valence-corrected chi connectivity index (χ2v) is 3.56. The number of rotatable bonds is 4. The molecule has 0 spiro atoms. The van der Waals surface area contributed by atoms with Crippen molar-refractivity contribution in [2.75, 3.05) is 0 Å². The predicted octanol–water partition coefficient (Wildman–Crippen LogP) is 3.72. The van der Waals surface area contributed by atoms with Crippen LogP contribution in [0.5, 0.6) is 5.75 Å². The first-order valence-corrected chi connectivity index (χ1v) is 5.31. The lowest BCUT2D eigenvalue weighted by Crippen LogP contribution is -2.19. The van der Waals surface area contributed by atoms with E-state index in [0.717, 1.165) is 0 Å². The molecule has 0 aliphatic rings. The van der Waals surface area contributed by atoms with Crippen LogP contribution in [0.1, 0.15) is 23.4 Å². The lowest BCUT2D eigenvalue weighted by molar-refractivity contribution is -0.275. The average Bonchev–Trinajstić information content (AvgIpc) is 2.27. The van der Waals surface area contributed by atoms with E-state index in [4.69, 9.17) is 16.9 Å². The Morgan fingerprint density at radius 2 is 2.05 bits per heavy atom. The van der Waals surface area contributed by atoms with E-state index in [1.807, 2.05) is 0 Å². The minimum absolute atomic E-state index is 0.328. The van der Waals surface area contributed by atoms with Crippen molar-refractivity contribution in [1.29, 1.82) is 5.26 Å². The summed E-state index contributed by atoms with van der Waals surface area (Å²) in [4.78, 5) is 3.34. The molecule has 1 aromatic rings. The molecule has 19 heavy (non-hydrogen) atoms. The third-order valence-electron chi connectivity index (χ3n) is 2.00. The highest BCUT2D eigenvalue weighted by Crippen LogP contribution is 2.31. The maximum atomic E-state index is 12.7. The van der Waals surface area contributed by atoms with Crippen LogP contribution < -0.4 is 4.74 Å². The Morgan fingerprint density at radius 3 is 2.47 bits per heavy atom. The molecule has 1 rings (SSSR count). The number of aromatic nitrogens is 1. The molecule has 1 heterocycles. The molecule has 9 heteroatoms. The van der Waals surface area contributed by atoms with Gasteiger partial charge in [-0.15, -0.1) is 24.8 Å². The Labute approximate surface area is 109 Å². The Balaban J connectivity index is 3.31. The van der Waals surface area contributed by atoms with Gasteiger partial charge in [0.2, 0.25) is 0 Å². The number of pyridine rings is 1. The Morgan fingerprint density at radius 1 is 1.42 bits per heavy atom. The van der Waals surface area contributed by atoms with Gasteiger partial charge in [-0.05, 0) is 11.6 Å². The van der Waals surface area contributed by atoms with Gasteiger partial charge in [-0.2, -0.15) is 5.26 Å². The first-order valence-electron chi connectivity index (χ1n) is 4.78. The average molecular weight is 301 g/mol. The molecular weight excluding hydrogens is 295 g/mol. The summed E-state index contributed by atoms with van der Waals surface area (Å²) in [6.45, 7) is 0. The monoisotopic (exact) mass is 300 g/mol. The van der Waals surface area contributed by atoms with Crippen LogP contribution in [0, 0.1) is 11.3 Å². The van der Waals surface area contributed by atoms with Gasteiger partial charge in [0.1, 0.15) is 5.69 Å². The zero-order valence-electron chi connectivity index (χ0n) is 9.14. The van der Waals surface area contributed by atoms with Gasteiger partial charge < -0.3 is 4.74 Å². The highest BCUT2D eigenvalue weighted by atomic mass is 35.5. The van der Waals surface area contributed by atoms with Gasteiger partial charge in [0.25, 0.3) is 6.43 Å². The van der Waals surface area contributed by atoms with Gasteiger partial charge in [0, 0.05) is 0 Å². The quantitative estimate of drug-likeness (QED) is 0.629. The second kappa shape index (κ2) is 6.02. The molecule has 1 aromatic heterocycles. The summed E-state index contributed by atoms with van der Waals surface area (Å²) in [5.74, 6) is -1.31. The van der Waals surface area contributed by atoms with Gasteiger partial charge in [0.05, 0.1) is 24.1 Å². The van der Waals surface area contributed by atoms with Gasteiger partial charge in [-0.3, -0.25) is 0 Å². The van der Waals surface area contributed by atoms with Crippen molar-refractivity contribution in [2.45, 2.75) is 25.1 Å². The van der Waals surface area contributed by atoms with Gasteiger partial charge in [-0.1, -0.05) is 0 Å². The molecule has 0 aliphatic carbocycles. The normalized spacial score (nSPS) is 11.5. The van der Waals surface area contributed by atoms with Gasteiger partial charge >= 0.3 is 6.36 Å². The highest BCUT2D eigenvalue weighted by molar-refractivity contribution is 6.17.